The Labute approximate surface area is 125 Å². The summed E-state index contributed by atoms with van der Waals surface area (Å²) >= 11 is 0. The summed E-state index contributed by atoms with van der Waals surface area (Å²) in [5.41, 5.74) is 1.67. The van der Waals surface area contributed by atoms with E-state index >= 15 is 0 Å². The molecule has 114 valence electrons. The van der Waals surface area contributed by atoms with Gasteiger partial charge in [-0.1, -0.05) is 0 Å². The number of hydrogen-bond acceptors (Lipinski definition) is 4. The number of ether oxygens (including phenoxy) is 1. The first-order valence-corrected chi connectivity index (χ1v) is 7.24. The molecule has 0 aliphatic carbocycles. The number of aldehydes is 1. The lowest BCUT2D eigenvalue weighted by Crippen LogP contribution is -2.39. The minimum atomic E-state index is 0.120. The largest absolute Gasteiger partial charge is 0.496 e. The van der Waals surface area contributed by atoms with Gasteiger partial charge in [-0.15, -0.1) is 0 Å². The van der Waals surface area contributed by atoms with Crippen LogP contribution in [-0.4, -0.2) is 44.3 Å². The van der Waals surface area contributed by atoms with Crippen LogP contribution < -0.4 is 10.1 Å². The number of rotatable bonds is 5. The van der Waals surface area contributed by atoms with Crippen molar-refractivity contribution >= 4 is 12.2 Å². The number of hydrogen-bond donors (Lipinski definition) is 1. The van der Waals surface area contributed by atoms with Crippen LogP contribution in [0.25, 0.3) is 0 Å². The van der Waals surface area contributed by atoms with Crippen molar-refractivity contribution < 1.29 is 14.3 Å². The van der Waals surface area contributed by atoms with Crippen LogP contribution in [-0.2, 0) is 11.3 Å². The second-order valence-corrected chi connectivity index (χ2v) is 5.35. The molecule has 1 aromatic carbocycles. The molecule has 0 aromatic heterocycles. The van der Waals surface area contributed by atoms with Gasteiger partial charge in [-0.05, 0) is 44.1 Å². The first-order chi connectivity index (χ1) is 10.2. The highest BCUT2D eigenvalue weighted by atomic mass is 16.5. The Morgan fingerprint density at radius 2 is 2.14 bits per heavy atom. The molecule has 0 saturated carbocycles. The zero-order valence-corrected chi connectivity index (χ0v) is 12.6. The number of likely N-dealkylation sites (tertiary alicyclic amines) is 1. The van der Waals surface area contributed by atoms with E-state index in [-0.39, 0.29) is 11.8 Å². The van der Waals surface area contributed by atoms with E-state index in [4.69, 9.17) is 4.74 Å². The van der Waals surface area contributed by atoms with Crippen molar-refractivity contribution in [2.75, 3.05) is 27.2 Å². The molecule has 1 heterocycles. The lowest BCUT2D eigenvalue weighted by Gasteiger charge is -2.31. The Kier molecular flexibility index (Phi) is 5.33. The molecule has 0 spiro atoms. The van der Waals surface area contributed by atoms with Crippen molar-refractivity contribution in [2.45, 2.75) is 19.4 Å². The second-order valence-electron chi connectivity index (χ2n) is 5.35. The fourth-order valence-corrected chi connectivity index (χ4v) is 2.79. The molecule has 1 aliphatic rings. The van der Waals surface area contributed by atoms with E-state index in [0.29, 0.717) is 5.56 Å². The minimum absolute atomic E-state index is 0.120. The zero-order valence-electron chi connectivity index (χ0n) is 12.6. The molecule has 1 aliphatic heterocycles. The topological polar surface area (TPSA) is 58.6 Å². The molecular formula is C16H22N2O3. The quantitative estimate of drug-likeness (QED) is 0.834. The third kappa shape index (κ3) is 3.82. The average molecular weight is 290 g/mol. The van der Waals surface area contributed by atoms with Crippen molar-refractivity contribution in [1.82, 2.24) is 10.2 Å². The number of carbonyl (C=O) groups excluding carboxylic acids is 2. The van der Waals surface area contributed by atoms with E-state index in [1.165, 1.54) is 0 Å². The van der Waals surface area contributed by atoms with Crippen LogP contribution in [0.3, 0.4) is 0 Å². The smallest absolute Gasteiger partial charge is 0.222 e. The maximum Gasteiger partial charge on any atom is 0.222 e. The van der Waals surface area contributed by atoms with E-state index in [2.05, 4.69) is 10.2 Å². The van der Waals surface area contributed by atoms with Gasteiger partial charge in [-0.3, -0.25) is 14.5 Å². The van der Waals surface area contributed by atoms with Crippen LogP contribution in [0.4, 0.5) is 0 Å². The SMILES string of the molecule is CNC(=O)C1CCN(Cc2cc(C=O)ccc2OC)CC1. The molecule has 1 aromatic rings. The number of benzene rings is 1. The van der Waals surface area contributed by atoms with Crippen molar-refractivity contribution in [2.24, 2.45) is 5.92 Å². The molecule has 0 bridgehead atoms. The summed E-state index contributed by atoms with van der Waals surface area (Å²) in [5.74, 6) is 1.05. The van der Waals surface area contributed by atoms with E-state index < -0.39 is 0 Å². The van der Waals surface area contributed by atoms with Crippen LogP contribution in [0.1, 0.15) is 28.8 Å². The molecule has 5 nitrogen and oxygen atoms in total. The summed E-state index contributed by atoms with van der Waals surface area (Å²) in [5, 5.41) is 2.72. The number of nitrogens with one attached hydrogen (secondary N) is 1. The van der Waals surface area contributed by atoms with E-state index in [1.807, 2.05) is 12.1 Å². The van der Waals surface area contributed by atoms with Crippen molar-refractivity contribution in [1.29, 1.82) is 0 Å². The van der Waals surface area contributed by atoms with Gasteiger partial charge in [0.15, 0.2) is 0 Å². The Morgan fingerprint density at radius 3 is 2.71 bits per heavy atom. The Balaban J connectivity index is 2.00. The molecular weight excluding hydrogens is 268 g/mol. The lowest BCUT2D eigenvalue weighted by atomic mass is 9.95. The van der Waals surface area contributed by atoms with Crippen LogP contribution in [0.5, 0.6) is 5.75 Å². The normalized spacial score (nSPS) is 16.5. The molecule has 0 radical (unpaired) electrons. The van der Waals surface area contributed by atoms with Crippen LogP contribution in [0.15, 0.2) is 18.2 Å². The molecule has 2 rings (SSSR count). The van der Waals surface area contributed by atoms with Gasteiger partial charge in [0.2, 0.25) is 5.91 Å². The van der Waals surface area contributed by atoms with Crippen molar-refractivity contribution in [3.05, 3.63) is 29.3 Å². The van der Waals surface area contributed by atoms with Gasteiger partial charge in [-0.25, -0.2) is 0 Å². The van der Waals surface area contributed by atoms with Gasteiger partial charge in [0.1, 0.15) is 12.0 Å². The predicted octanol–water partition coefficient (Wildman–Crippen LogP) is 1.47. The number of amides is 1. The van der Waals surface area contributed by atoms with Crippen LogP contribution >= 0.6 is 0 Å². The summed E-state index contributed by atoms with van der Waals surface area (Å²) in [6, 6.07) is 5.46. The van der Waals surface area contributed by atoms with E-state index in [9.17, 15) is 9.59 Å². The summed E-state index contributed by atoms with van der Waals surface area (Å²) < 4.78 is 5.36. The summed E-state index contributed by atoms with van der Waals surface area (Å²) in [7, 11) is 3.32. The number of piperidine rings is 1. The third-order valence-electron chi connectivity index (χ3n) is 4.04. The average Bonchev–Trinajstić information content (AvgIpc) is 2.54. The molecule has 0 atom stereocenters. The van der Waals surface area contributed by atoms with Gasteiger partial charge in [-0.2, -0.15) is 0 Å². The minimum Gasteiger partial charge on any atom is -0.496 e. The Bertz CT molecular complexity index is 508. The summed E-state index contributed by atoms with van der Waals surface area (Å²) in [4.78, 5) is 24.8. The van der Waals surface area contributed by atoms with Gasteiger partial charge < -0.3 is 10.1 Å². The molecule has 5 heteroatoms. The highest BCUT2D eigenvalue weighted by Crippen LogP contribution is 2.24. The monoisotopic (exact) mass is 290 g/mol. The molecule has 0 unspecified atom stereocenters. The third-order valence-corrected chi connectivity index (χ3v) is 4.04. The predicted molar refractivity (Wildman–Crippen MR) is 80.4 cm³/mol. The maximum atomic E-state index is 11.6. The standard InChI is InChI=1S/C16H22N2O3/c1-17-16(20)13-5-7-18(8-6-13)10-14-9-12(11-19)3-4-15(14)21-2/h3-4,9,11,13H,5-8,10H2,1-2H3,(H,17,20). The number of carbonyl (C=O) groups is 2. The lowest BCUT2D eigenvalue weighted by molar-refractivity contribution is -0.125. The molecule has 1 fully saturated rings. The van der Waals surface area contributed by atoms with E-state index in [0.717, 1.165) is 50.1 Å². The molecule has 21 heavy (non-hydrogen) atoms. The second kappa shape index (κ2) is 7.22. The Hall–Kier alpha value is -1.88. The number of methoxy groups -OCH3 is 1. The Morgan fingerprint density at radius 1 is 1.43 bits per heavy atom. The molecule has 1 amide bonds. The first kappa shape index (κ1) is 15.5. The van der Waals surface area contributed by atoms with Crippen LogP contribution in [0.2, 0.25) is 0 Å². The fourth-order valence-electron chi connectivity index (χ4n) is 2.79. The maximum absolute atomic E-state index is 11.6. The first-order valence-electron chi connectivity index (χ1n) is 7.24. The van der Waals surface area contributed by atoms with E-state index in [1.54, 1.807) is 20.2 Å². The van der Waals surface area contributed by atoms with Crippen molar-refractivity contribution in [3.63, 3.8) is 0 Å². The highest BCUT2D eigenvalue weighted by molar-refractivity contribution is 5.78. The summed E-state index contributed by atoms with van der Waals surface area (Å²) in [6.45, 7) is 2.50. The highest BCUT2D eigenvalue weighted by Gasteiger charge is 2.24. The molecule has 1 N–H and O–H groups in total. The van der Waals surface area contributed by atoms with Gasteiger partial charge in [0.25, 0.3) is 0 Å². The van der Waals surface area contributed by atoms with Crippen LogP contribution in [0, 0.1) is 5.92 Å². The van der Waals surface area contributed by atoms with Crippen molar-refractivity contribution in [3.8, 4) is 5.75 Å². The molecule has 1 saturated heterocycles. The zero-order chi connectivity index (χ0) is 15.2. The fraction of sp³-hybridized carbons (Fsp3) is 0.500. The van der Waals surface area contributed by atoms with Gasteiger partial charge in [0.05, 0.1) is 7.11 Å². The summed E-state index contributed by atoms with van der Waals surface area (Å²) in [6.07, 6.45) is 2.59. The van der Waals surface area contributed by atoms with Gasteiger partial charge in [0, 0.05) is 30.6 Å². The van der Waals surface area contributed by atoms with Gasteiger partial charge >= 0.3 is 0 Å². The number of nitrogens with zero attached hydrogens (tertiary/aromatic N) is 1.